The fraction of sp³-hybridized carbons (Fsp3) is 0.0400. The molecule has 0 amide bonds. The van der Waals surface area contributed by atoms with Crippen molar-refractivity contribution >= 4 is 54.2 Å². The fourth-order valence-corrected chi connectivity index (χ4v) is 9.45. The molecule has 0 bridgehead atoms. The molecular formula is C50H32. The smallest absolute Gasteiger partial charge is 0.0218 e. The molecular weight excluding hydrogens is 601 g/mol. The van der Waals surface area contributed by atoms with Crippen LogP contribution in [0.2, 0.25) is 0 Å². The molecule has 0 heteroatoms. The molecule has 2 unspecified atom stereocenters. The van der Waals surface area contributed by atoms with Gasteiger partial charge in [0.1, 0.15) is 0 Å². The van der Waals surface area contributed by atoms with E-state index in [1.807, 2.05) is 0 Å². The first-order valence-electron chi connectivity index (χ1n) is 17.7. The van der Waals surface area contributed by atoms with E-state index in [1.54, 1.807) is 0 Å². The maximum absolute atomic E-state index is 2.39. The maximum Gasteiger partial charge on any atom is 0.0218 e. The van der Waals surface area contributed by atoms with Crippen molar-refractivity contribution in [2.45, 2.75) is 11.8 Å². The first kappa shape index (κ1) is 27.7. The van der Waals surface area contributed by atoms with Crippen LogP contribution in [0.25, 0.3) is 65.4 Å². The normalized spacial score (nSPS) is 16.3. The Morgan fingerprint density at radius 3 is 1.54 bits per heavy atom. The van der Waals surface area contributed by atoms with Crippen LogP contribution in [0.1, 0.15) is 34.1 Å². The van der Waals surface area contributed by atoms with Crippen LogP contribution in [0.15, 0.2) is 182 Å². The number of rotatable bonds is 3. The third-order valence-electron chi connectivity index (χ3n) is 11.4. The van der Waals surface area contributed by atoms with Crippen LogP contribution in [0.4, 0.5) is 0 Å². The third-order valence-corrected chi connectivity index (χ3v) is 11.4. The van der Waals surface area contributed by atoms with Crippen molar-refractivity contribution < 1.29 is 0 Å². The first-order chi connectivity index (χ1) is 24.8. The van der Waals surface area contributed by atoms with Crippen LogP contribution in [0.3, 0.4) is 0 Å². The summed E-state index contributed by atoms with van der Waals surface area (Å²) in [6, 6.07) is 68.1. The van der Waals surface area contributed by atoms with E-state index < -0.39 is 0 Å². The van der Waals surface area contributed by atoms with Crippen LogP contribution in [0, 0.1) is 0 Å². The molecule has 50 heavy (non-hydrogen) atoms. The minimum atomic E-state index is 0.219. The molecule has 0 saturated heterocycles. The van der Waals surface area contributed by atoms with Crippen molar-refractivity contribution in [1.82, 2.24) is 0 Å². The second-order valence-corrected chi connectivity index (χ2v) is 13.9. The Morgan fingerprint density at radius 2 is 0.840 bits per heavy atom. The Morgan fingerprint density at radius 1 is 0.300 bits per heavy atom. The van der Waals surface area contributed by atoms with Gasteiger partial charge >= 0.3 is 0 Å². The summed E-state index contributed by atoms with van der Waals surface area (Å²) in [4.78, 5) is 0. The second kappa shape index (κ2) is 10.6. The van der Waals surface area contributed by atoms with E-state index in [4.69, 9.17) is 0 Å². The number of benzene rings is 9. The van der Waals surface area contributed by atoms with Gasteiger partial charge in [0, 0.05) is 11.8 Å². The molecule has 0 saturated carbocycles. The third kappa shape index (κ3) is 3.88. The van der Waals surface area contributed by atoms with E-state index in [0.717, 1.165) is 0 Å². The van der Waals surface area contributed by atoms with Crippen molar-refractivity contribution in [1.29, 1.82) is 0 Å². The summed E-state index contributed by atoms with van der Waals surface area (Å²) in [5, 5.41) is 13.2. The van der Waals surface area contributed by atoms with Crippen LogP contribution in [0.5, 0.6) is 0 Å². The van der Waals surface area contributed by atoms with Gasteiger partial charge in [-0.25, -0.2) is 0 Å². The number of fused-ring (bicyclic) bond motifs is 8. The highest BCUT2D eigenvalue weighted by Gasteiger charge is 2.41. The van der Waals surface area contributed by atoms with E-state index in [9.17, 15) is 0 Å². The molecule has 2 aliphatic rings. The lowest BCUT2D eigenvalue weighted by Crippen LogP contribution is -2.38. The lowest BCUT2D eigenvalue weighted by Gasteiger charge is -2.32. The van der Waals surface area contributed by atoms with Gasteiger partial charge in [-0.3, -0.25) is 0 Å². The summed E-state index contributed by atoms with van der Waals surface area (Å²) >= 11 is 0. The van der Waals surface area contributed by atoms with E-state index in [2.05, 4.69) is 182 Å². The Labute approximate surface area is 290 Å². The molecule has 9 aromatic carbocycles. The molecule has 9 aromatic rings. The van der Waals surface area contributed by atoms with E-state index >= 15 is 0 Å². The van der Waals surface area contributed by atoms with Gasteiger partial charge in [-0.05, 0) is 104 Å². The van der Waals surface area contributed by atoms with Crippen molar-refractivity contribution in [2.24, 2.45) is 0 Å². The molecule has 232 valence electrons. The van der Waals surface area contributed by atoms with Crippen LogP contribution >= 0.6 is 0 Å². The van der Waals surface area contributed by atoms with Crippen LogP contribution < -0.4 is 10.4 Å². The lowest BCUT2D eigenvalue weighted by molar-refractivity contribution is 0.791. The van der Waals surface area contributed by atoms with Crippen molar-refractivity contribution in [3.8, 4) is 11.1 Å². The molecule has 0 radical (unpaired) electrons. The van der Waals surface area contributed by atoms with Gasteiger partial charge in [-0.2, -0.15) is 0 Å². The predicted octanol–water partition coefficient (Wildman–Crippen LogP) is 11.3. The molecule has 0 aromatic heterocycles. The van der Waals surface area contributed by atoms with E-state index in [0.29, 0.717) is 0 Å². The van der Waals surface area contributed by atoms with Crippen LogP contribution in [-0.2, 0) is 0 Å². The Kier molecular flexibility index (Phi) is 5.89. The van der Waals surface area contributed by atoms with Crippen LogP contribution in [-0.4, -0.2) is 0 Å². The second-order valence-electron chi connectivity index (χ2n) is 13.9. The zero-order valence-corrected chi connectivity index (χ0v) is 27.5. The highest BCUT2D eigenvalue weighted by molar-refractivity contribution is 6.20. The topological polar surface area (TPSA) is 0 Å². The average molecular weight is 633 g/mol. The molecule has 0 spiro atoms. The minimum Gasteiger partial charge on any atom is -0.0622 e. The van der Waals surface area contributed by atoms with Gasteiger partial charge in [0.2, 0.25) is 0 Å². The quantitative estimate of drug-likeness (QED) is 0.134. The summed E-state index contributed by atoms with van der Waals surface area (Å²) in [5.41, 5.74) is 10.9. The van der Waals surface area contributed by atoms with Gasteiger partial charge in [-0.15, -0.1) is 0 Å². The molecule has 2 aliphatic carbocycles. The molecule has 0 aliphatic heterocycles. The largest absolute Gasteiger partial charge is 0.0622 e. The summed E-state index contributed by atoms with van der Waals surface area (Å²) in [5.74, 6) is 0.454. The van der Waals surface area contributed by atoms with Crippen molar-refractivity contribution in [3.63, 3.8) is 0 Å². The molecule has 0 nitrogen and oxygen atoms in total. The molecule has 2 atom stereocenters. The number of hydrogen-bond donors (Lipinski definition) is 0. The van der Waals surface area contributed by atoms with E-state index in [1.165, 1.54) is 98.1 Å². The molecule has 0 heterocycles. The van der Waals surface area contributed by atoms with Gasteiger partial charge in [0.25, 0.3) is 0 Å². The summed E-state index contributed by atoms with van der Waals surface area (Å²) in [6.07, 6.45) is 0. The molecule has 11 rings (SSSR count). The van der Waals surface area contributed by atoms with Gasteiger partial charge < -0.3 is 0 Å². The maximum atomic E-state index is 2.39. The highest BCUT2D eigenvalue weighted by atomic mass is 14.4. The van der Waals surface area contributed by atoms with E-state index in [-0.39, 0.29) is 11.8 Å². The SMILES string of the molecule is c1ccc(C2=c3ccccc3=C(c3ccc(-c4c5ccccc5cc5c4ccc4ccccc45)cc3)C3c4cccc5cccc(c45)C23)cc1. The zero-order chi connectivity index (χ0) is 32.8. The lowest BCUT2D eigenvalue weighted by atomic mass is 9.70. The van der Waals surface area contributed by atoms with Crippen molar-refractivity contribution in [2.75, 3.05) is 0 Å². The summed E-state index contributed by atoms with van der Waals surface area (Å²) in [7, 11) is 0. The average Bonchev–Trinajstić information content (AvgIpc) is 3.51. The highest BCUT2D eigenvalue weighted by Crippen LogP contribution is 2.57. The Bertz CT molecular complexity index is 2960. The Balaban J connectivity index is 1.19. The first-order valence-corrected chi connectivity index (χ1v) is 17.7. The molecule has 0 N–H and O–H groups in total. The minimum absolute atomic E-state index is 0.219. The monoisotopic (exact) mass is 632 g/mol. The van der Waals surface area contributed by atoms with Gasteiger partial charge in [0.15, 0.2) is 0 Å². The van der Waals surface area contributed by atoms with Gasteiger partial charge in [0.05, 0.1) is 0 Å². The van der Waals surface area contributed by atoms with Gasteiger partial charge in [-0.1, -0.05) is 176 Å². The summed E-state index contributed by atoms with van der Waals surface area (Å²) < 4.78 is 0. The van der Waals surface area contributed by atoms with Crippen molar-refractivity contribution in [3.05, 3.63) is 215 Å². The Hall–Kier alpha value is -6.24. The zero-order valence-electron chi connectivity index (χ0n) is 27.5. The number of hydrogen-bond acceptors (Lipinski definition) is 0. The predicted molar refractivity (Wildman–Crippen MR) is 211 cm³/mol. The standard InChI is InChI=1S/C50H32/c1-2-13-33(14-3-1)47-39-20-8-9-21-40(39)48(50-43-23-11-17-32-16-10-22-42(46(32)43)49(47)50)35-26-24-34(25-27-35)45-38-19-7-5-15-36(38)30-44-37-18-6-4-12-31(37)28-29-41(44)45/h1-30,49-50H. The summed E-state index contributed by atoms with van der Waals surface area (Å²) in [6.45, 7) is 0. The fourth-order valence-electron chi connectivity index (χ4n) is 9.45. The molecule has 0 fully saturated rings.